The van der Waals surface area contributed by atoms with E-state index in [0.717, 1.165) is 18.9 Å². The smallest absolute Gasteiger partial charge is 0.245 e. The summed E-state index contributed by atoms with van der Waals surface area (Å²) in [7, 11) is 1.87. The van der Waals surface area contributed by atoms with Crippen LogP contribution in [0.5, 0.6) is 0 Å². The molecule has 1 fully saturated rings. The Bertz CT molecular complexity index is 313. The molecule has 0 bridgehead atoms. The largest absolute Gasteiger partial charge is 0.336 e. The van der Waals surface area contributed by atoms with Gasteiger partial charge in [-0.05, 0) is 23.3 Å². The van der Waals surface area contributed by atoms with Crippen LogP contribution in [0.2, 0.25) is 0 Å². The van der Waals surface area contributed by atoms with Gasteiger partial charge in [0.1, 0.15) is 0 Å². The molecule has 1 aliphatic heterocycles. The highest BCUT2D eigenvalue weighted by atomic mass is 35.5. The van der Waals surface area contributed by atoms with Crippen LogP contribution in [0.3, 0.4) is 0 Å². The normalized spacial score (nSPS) is 22.8. The van der Waals surface area contributed by atoms with Crippen molar-refractivity contribution in [2.45, 2.75) is 31.7 Å². The summed E-state index contributed by atoms with van der Waals surface area (Å²) in [5.41, 5.74) is 0. The van der Waals surface area contributed by atoms with Crippen molar-refractivity contribution in [1.82, 2.24) is 20.2 Å². The quantitative estimate of drug-likeness (QED) is 0.715. The van der Waals surface area contributed by atoms with Gasteiger partial charge in [-0.25, -0.2) is 4.68 Å². The standard InChI is InChI=1S/C9H16ClN5/c1-14-9(11-12-13-14)15-6-4-2-3-5-8(15)7-10/h8H,2-7H2,1H3. The van der Waals surface area contributed by atoms with Crippen LogP contribution in [0.25, 0.3) is 0 Å². The van der Waals surface area contributed by atoms with E-state index in [2.05, 4.69) is 20.4 Å². The van der Waals surface area contributed by atoms with Gasteiger partial charge >= 0.3 is 0 Å². The number of hydrogen-bond donors (Lipinski definition) is 0. The molecule has 0 N–H and O–H groups in total. The van der Waals surface area contributed by atoms with E-state index in [1.807, 2.05) is 7.05 Å². The number of aromatic nitrogens is 4. The minimum absolute atomic E-state index is 0.374. The maximum Gasteiger partial charge on any atom is 0.245 e. The van der Waals surface area contributed by atoms with E-state index in [4.69, 9.17) is 11.6 Å². The molecule has 0 radical (unpaired) electrons. The van der Waals surface area contributed by atoms with Crippen molar-refractivity contribution in [3.63, 3.8) is 0 Å². The molecule has 1 aliphatic rings. The molecule has 1 aromatic rings. The third kappa shape index (κ3) is 2.22. The third-order valence-electron chi connectivity index (χ3n) is 2.91. The van der Waals surface area contributed by atoms with Crippen molar-refractivity contribution >= 4 is 17.5 Å². The van der Waals surface area contributed by atoms with Gasteiger partial charge in [0.15, 0.2) is 0 Å². The van der Waals surface area contributed by atoms with Crippen LogP contribution in [0.15, 0.2) is 0 Å². The molecular formula is C9H16ClN5. The molecule has 6 heteroatoms. The summed E-state index contributed by atoms with van der Waals surface area (Å²) in [4.78, 5) is 2.24. The lowest BCUT2D eigenvalue weighted by atomic mass is 10.1. The number of alkyl halides is 1. The van der Waals surface area contributed by atoms with Crippen molar-refractivity contribution in [3.8, 4) is 0 Å². The van der Waals surface area contributed by atoms with Crippen LogP contribution in [0.1, 0.15) is 25.7 Å². The Morgan fingerprint density at radius 3 is 2.93 bits per heavy atom. The summed E-state index contributed by atoms with van der Waals surface area (Å²) in [6.45, 7) is 1.01. The van der Waals surface area contributed by atoms with Gasteiger partial charge in [-0.15, -0.1) is 11.6 Å². The first-order chi connectivity index (χ1) is 7.33. The maximum absolute atomic E-state index is 6.00. The number of nitrogens with zero attached hydrogens (tertiary/aromatic N) is 5. The first kappa shape index (κ1) is 10.7. The fourth-order valence-corrected chi connectivity index (χ4v) is 2.39. The van der Waals surface area contributed by atoms with Gasteiger partial charge in [0, 0.05) is 25.5 Å². The Kier molecular flexibility index (Phi) is 3.41. The second-order valence-electron chi connectivity index (χ2n) is 3.95. The number of anilines is 1. The minimum Gasteiger partial charge on any atom is -0.336 e. The number of tetrazole rings is 1. The Balaban J connectivity index is 2.20. The van der Waals surface area contributed by atoms with Crippen LogP contribution in [0.4, 0.5) is 5.95 Å². The highest BCUT2D eigenvalue weighted by Crippen LogP contribution is 2.22. The molecule has 1 saturated heterocycles. The monoisotopic (exact) mass is 229 g/mol. The molecule has 0 saturated carbocycles. The van der Waals surface area contributed by atoms with Crippen molar-refractivity contribution in [1.29, 1.82) is 0 Å². The summed E-state index contributed by atoms with van der Waals surface area (Å²) in [6.07, 6.45) is 4.85. The van der Waals surface area contributed by atoms with Gasteiger partial charge < -0.3 is 4.90 Å². The lowest BCUT2D eigenvalue weighted by Gasteiger charge is -2.28. The van der Waals surface area contributed by atoms with Gasteiger partial charge in [0.05, 0.1) is 0 Å². The van der Waals surface area contributed by atoms with E-state index in [1.165, 1.54) is 19.3 Å². The van der Waals surface area contributed by atoms with Gasteiger partial charge in [-0.3, -0.25) is 0 Å². The van der Waals surface area contributed by atoms with Crippen molar-refractivity contribution in [2.75, 3.05) is 17.3 Å². The van der Waals surface area contributed by atoms with E-state index in [0.29, 0.717) is 11.9 Å². The van der Waals surface area contributed by atoms with E-state index in [-0.39, 0.29) is 0 Å². The number of hydrogen-bond acceptors (Lipinski definition) is 4. The first-order valence-corrected chi connectivity index (χ1v) is 5.91. The Morgan fingerprint density at radius 1 is 1.40 bits per heavy atom. The van der Waals surface area contributed by atoms with E-state index in [9.17, 15) is 0 Å². The molecule has 15 heavy (non-hydrogen) atoms. The predicted octanol–water partition coefficient (Wildman–Crippen LogP) is 1.20. The first-order valence-electron chi connectivity index (χ1n) is 5.38. The second-order valence-corrected chi connectivity index (χ2v) is 4.26. The average molecular weight is 230 g/mol. The fraction of sp³-hybridized carbons (Fsp3) is 0.889. The zero-order valence-corrected chi connectivity index (χ0v) is 9.69. The zero-order valence-electron chi connectivity index (χ0n) is 8.93. The lowest BCUT2D eigenvalue weighted by molar-refractivity contribution is 0.592. The molecule has 2 rings (SSSR count). The highest BCUT2D eigenvalue weighted by molar-refractivity contribution is 6.18. The van der Waals surface area contributed by atoms with Gasteiger partial charge in [0.2, 0.25) is 5.95 Å². The molecule has 0 amide bonds. The SMILES string of the molecule is Cn1nnnc1N1CCCCCC1CCl. The molecule has 2 heterocycles. The van der Waals surface area contributed by atoms with Crippen molar-refractivity contribution < 1.29 is 0 Å². The molecular weight excluding hydrogens is 214 g/mol. The lowest BCUT2D eigenvalue weighted by Crippen LogP contribution is -2.38. The van der Waals surface area contributed by atoms with Crippen LogP contribution in [-0.4, -0.2) is 38.7 Å². The summed E-state index contributed by atoms with van der Waals surface area (Å²) in [5.74, 6) is 1.48. The molecule has 0 aliphatic carbocycles. The molecule has 1 aromatic heterocycles. The van der Waals surface area contributed by atoms with Crippen molar-refractivity contribution in [2.24, 2.45) is 7.05 Å². The highest BCUT2D eigenvalue weighted by Gasteiger charge is 2.23. The Labute approximate surface area is 94.4 Å². The fourth-order valence-electron chi connectivity index (χ4n) is 2.07. The Morgan fingerprint density at radius 2 is 2.27 bits per heavy atom. The zero-order chi connectivity index (χ0) is 10.7. The maximum atomic E-state index is 6.00. The summed E-state index contributed by atoms with van der Waals surface area (Å²) in [5, 5.41) is 11.6. The molecule has 0 spiro atoms. The summed E-state index contributed by atoms with van der Waals surface area (Å²) in [6, 6.07) is 0.374. The van der Waals surface area contributed by atoms with E-state index >= 15 is 0 Å². The molecule has 0 aromatic carbocycles. The summed E-state index contributed by atoms with van der Waals surface area (Å²) < 4.78 is 1.71. The Hall–Kier alpha value is -0.840. The van der Waals surface area contributed by atoms with Crippen LogP contribution >= 0.6 is 11.6 Å². The van der Waals surface area contributed by atoms with Crippen LogP contribution in [0, 0.1) is 0 Å². The van der Waals surface area contributed by atoms with E-state index in [1.54, 1.807) is 4.68 Å². The van der Waals surface area contributed by atoms with E-state index < -0.39 is 0 Å². The topological polar surface area (TPSA) is 46.8 Å². The van der Waals surface area contributed by atoms with Crippen LogP contribution < -0.4 is 4.90 Å². The van der Waals surface area contributed by atoms with Gasteiger partial charge in [-0.2, -0.15) is 0 Å². The van der Waals surface area contributed by atoms with Gasteiger partial charge in [0.25, 0.3) is 0 Å². The third-order valence-corrected chi connectivity index (χ3v) is 3.27. The number of aryl methyl sites for hydroxylation is 1. The number of halogens is 1. The predicted molar refractivity (Wildman–Crippen MR) is 59.1 cm³/mol. The minimum atomic E-state index is 0.374. The average Bonchev–Trinajstić information content (AvgIpc) is 2.54. The van der Waals surface area contributed by atoms with Crippen molar-refractivity contribution in [3.05, 3.63) is 0 Å². The molecule has 1 unspecified atom stereocenters. The molecule has 84 valence electrons. The van der Waals surface area contributed by atoms with Gasteiger partial charge in [-0.1, -0.05) is 17.9 Å². The number of rotatable bonds is 2. The van der Waals surface area contributed by atoms with Crippen LogP contribution in [-0.2, 0) is 7.05 Å². The molecule has 5 nitrogen and oxygen atoms in total. The second kappa shape index (κ2) is 4.79. The summed E-state index contributed by atoms with van der Waals surface area (Å²) >= 11 is 6.00. The molecule has 1 atom stereocenters.